The minimum atomic E-state index is -0.895. The van der Waals surface area contributed by atoms with Crippen LogP contribution in [0.5, 0.6) is 0 Å². The fraction of sp³-hybridized carbons (Fsp3) is 0.320. The van der Waals surface area contributed by atoms with Crippen molar-refractivity contribution in [3.63, 3.8) is 0 Å². The van der Waals surface area contributed by atoms with E-state index in [1.165, 1.54) is 12.1 Å². The lowest BCUT2D eigenvalue weighted by atomic mass is 9.97. The highest BCUT2D eigenvalue weighted by molar-refractivity contribution is 5.95. The first-order valence-electron chi connectivity index (χ1n) is 10.6. The molecule has 0 spiro atoms. The molecule has 1 amide bonds. The van der Waals surface area contributed by atoms with Crippen LogP contribution < -0.4 is 5.32 Å². The molecule has 1 saturated carbocycles. The van der Waals surface area contributed by atoms with Gasteiger partial charge in [-0.25, -0.2) is 4.39 Å². The Hall–Kier alpha value is -3.12. The van der Waals surface area contributed by atoms with E-state index in [1.807, 2.05) is 12.1 Å². The molecule has 1 aliphatic carbocycles. The highest BCUT2D eigenvalue weighted by atomic mass is 19.1. The molecule has 0 radical (unpaired) electrons. The molecule has 160 valence electrons. The van der Waals surface area contributed by atoms with Crippen molar-refractivity contribution in [1.82, 2.24) is 15.3 Å². The van der Waals surface area contributed by atoms with Crippen molar-refractivity contribution in [1.29, 1.82) is 0 Å². The number of amides is 1. The van der Waals surface area contributed by atoms with Crippen molar-refractivity contribution >= 4 is 5.91 Å². The number of aliphatic hydroxyl groups is 1. The average Bonchev–Trinajstić information content (AvgIpc) is 3.64. The minimum Gasteiger partial charge on any atom is -0.388 e. The molecule has 1 atom stereocenters. The number of pyridine rings is 2. The summed E-state index contributed by atoms with van der Waals surface area (Å²) in [6.07, 6.45) is 8.52. The molecule has 2 heterocycles. The van der Waals surface area contributed by atoms with Crippen LogP contribution in [0.2, 0.25) is 0 Å². The van der Waals surface area contributed by atoms with Crippen LogP contribution in [0.3, 0.4) is 0 Å². The zero-order chi connectivity index (χ0) is 21.8. The fourth-order valence-corrected chi connectivity index (χ4v) is 3.72. The summed E-state index contributed by atoms with van der Waals surface area (Å²) in [5.74, 6) is -0.347. The second-order valence-electron chi connectivity index (χ2n) is 8.39. The van der Waals surface area contributed by atoms with E-state index in [4.69, 9.17) is 0 Å². The van der Waals surface area contributed by atoms with Gasteiger partial charge in [0, 0.05) is 36.4 Å². The maximum Gasteiger partial charge on any atom is 0.252 e. The van der Waals surface area contributed by atoms with Crippen molar-refractivity contribution in [2.45, 2.75) is 38.2 Å². The van der Waals surface area contributed by atoms with Crippen molar-refractivity contribution in [3.8, 4) is 11.1 Å². The molecule has 2 N–H and O–H groups in total. The van der Waals surface area contributed by atoms with Crippen molar-refractivity contribution in [2.75, 3.05) is 6.54 Å². The van der Waals surface area contributed by atoms with E-state index in [-0.39, 0.29) is 24.2 Å². The van der Waals surface area contributed by atoms with E-state index in [9.17, 15) is 14.3 Å². The van der Waals surface area contributed by atoms with Gasteiger partial charge in [0.05, 0.1) is 11.2 Å². The van der Waals surface area contributed by atoms with Gasteiger partial charge in [0.25, 0.3) is 5.91 Å². The maximum absolute atomic E-state index is 13.5. The summed E-state index contributed by atoms with van der Waals surface area (Å²) in [6, 6.07) is 11.9. The highest BCUT2D eigenvalue weighted by Crippen LogP contribution is 2.39. The van der Waals surface area contributed by atoms with Gasteiger partial charge in [-0.15, -0.1) is 0 Å². The van der Waals surface area contributed by atoms with Crippen molar-refractivity contribution in [3.05, 3.63) is 83.7 Å². The number of hydrogen-bond donors (Lipinski definition) is 2. The summed E-state index contributed by atoms with van der Waals surface area (Å²) >= 11 is 0. The molecule has 0 saturated heterocycles. The summed E-state index contributed by atoms with van der Waals surface area (Å²) in [7, 11) is 0. The van der Waals surface area contributed by atoms with Crippen LogP contribution in [0.25, 0.3) is 11.1 Å². The number of hydrogen-bond acceptors (Lipinski definition) is 4. The van der Waals surface area contributed by atoms with Crippen molar-refractivity contribution in [2.24, 2.45) is 5.92 Å². The van der Waals surface area contributed by atoms with Crippen LogP contribution in [-0.2, 0) is 12.8 Å². The van der Waals surface area contributed by atoms with E-state index in [0.29, 0.717) is 12.0 Å². The number of nitrogens with zero attached hydrogens (tertiary/aromatic N) is 2. The predicted molar refractivity (Wildman–Crippen MR) is 117 cm³/mol. The molecule has 31 heavy (non-hydrogen) atoms. The summed E-state index contributed by atoms with van der Waals surface area (Å²) in [5, 5.41) is 13.3. The van der Waals surface area contributed by atoms with Crippen LogP contribution >= 0.6 is 0 Å². The van der Waals surface area contributed by atoms with E-state index in [2.05, 4.69) is 15.3 Å². The Bertz CT molecular complexity index is 1050. The molecule has 5 nitrogen and oxygen atoms in total. The van der Waals surface area contributed by atoms with Gasteiger partial charge >= 0.3 is 0 Å². The normalized spacial score (nSPS) is 15.3. The van der Waals surface area contributed by atoms with Crippen LogP contribution in [-0.4, -0.2) is 33.1 Å². The van der Waals surface area contributed by atoms with E-state index in [1.54, 1.807) is 43.7 Å². The molecule has 1 aliphatic rings. The molecule has 6 heteroatoms. The van der Waals surface area contributed by atoms with Crippen LogP contribution in [0, 0.1) is 11.7 Å². The Morgan fingerprint density at radius 1 is 1.16 bits per heavy atom. The number of rotatable bonds is 8. The molecular weight excluding hydrogens is 393 g/mol. The van der Waals surface area contributed by atoms with E-state index >= 15 is 0 Å². The lowest BCUT2D eigenvalue weighted by molar-refractivity contribution is 0.0354. The Balaban J connectivity index is 1.56. The Morgan fingerprint density at radius 3 is 2.55 bits per heavy atom. The average molecular weight is 420 g/mol. The third-order valence-electron chi connectivity index (χ3n) is 5.85. The molecule has 1 aromatic carbocycles. The first kappa shape index (κ1) is 21.1. The monoisotopic (exact) mass is 419 g/mol. The zero-order valence-electron chi connectivity index (χ0n) is 17.5. The highest BCUT2D eigenvalue weighted by Gasteiger charge is 2.40. The van der Waals surface area contributed by atoms with Gasteiger partial charge in [0.15, 0.2) is 0 Å². The summed E-state index contributed by atoms with van der Waals surface area (Å²) in [5.41, 5.74) is 3.11. The second kappa shape index (κ2) is 8.94. The van der Waals surface area contributed by atoms with Gasteiger partial charge in [0.2, 0.25) is 0 Å². The number of benzene rings is 1. The first-order valence-corrected chi connectivity index (χ1v) is 10.6. The molecule has 0 bridgehead atoms. The Kier molecular flexibility index (Phi) is 6.09. The molecule has 1 fully saturated rings. The quantitative estimate of drug-likeness (QED) is 0.580. The predicted octanol–water partition coefficient (Wildman–Crippen LogP) is 3.96. The number of carbonyl (C=O) groups excluding carboxylic acids is 1. The lowest BCUT2D eigenvalue weighted by Gasteiger charge is -2.23. The van der Waals surface area contributed by atoms with Gasteiger partial charge in [0.1, 0.15) is 5.82 Å². The molecule has 0 aliphatic heterocycles. The van der Waals surface area contributed by atoms with Crippen LogP contribution in [0.1, 0.15) is 41.4 Å². The lowest BCUT2D eigenvalue weighted by Crippen LogP contribution is -2.42. The summed E-state index contributed by atoms with van der Waals surface area (Å²) in [4.78, 5) is 21.3. The van der Waals surface area contributed by atoms with Gasteiger partial charge in [-0.05, 0) is 80.0 Å². The van der Waals surface area contributed by atoms with Gasteiger partial charge in [-0.2, -0.15) is 0 Å². The van der Waals surface area contributed by atoms with E-state index < -0.39 is 5.60 Å². The maximum atomic E-state index is 13.5. The third-order valence-corrected chi connectivity index (χ3v) is 5.85. The second-order valence-corrected chi connectivity index (χ2v) is 8.39. The molecule has 4 rings (SSSR count). The molecule has 2 aromatic heterocycles. The standard InChI is InChI=1S/C25H26FN3O2/c1-25(31,20-5-6-20)16-29-24(30)19-14-22(18-3-7-21(26)8-4-18)23(28-15-19)9-2-17-10-12-27-13-11-17/h3-4,7-8,10-15,20,31H,2,5-6,9,16H2,1H3,(H,29,30). The van der Waals surface area contributed by atoms with Gasteiger partial charge < -0.3 is 10.4 Å². The molecular formula is C25H26FN3O2. The minimum absolute atomic E-state index is 0.201. The smallest absolute Gasteiger partial charge is 0.252 e. The molecule has 1 unspecified atom stereocenters. The van der Waals surface area contributed by atoms with Crippen LogP contribution in [0.4, 0.5) is 4.39 Å². The Morgan fingerprint density at radius 2 is 1.87 bits per heavy atom. The Labute approximate surface area is 181 Å². The topological polar surface area (TPSA) is 75.1 Å². The largest absolute Gasteiger partial charge is 0.388 e. The first-order chi connectivity index (χ1) is 14.9. The van der Waals surface area contributed by atoms with E-state index in [0.717, 1.165) is 41.6 Å². The number of nitrogens with one attached hydrogen (secondary N) is 1. The number of carbonyl (C=O) groups is 1. The van der Waals surface area contributed by atoms with Gasteiger partial charge in [-0.1, -0.05) is 12.1 Å². The molecule has 3 aromatic rings. The fourth-order valence-electron chi connectivity index (χ4n) is 3.72. The van der Waals surface area contributed by atoms with Gasteiger partial charge in [-0.3, -0.25) is 14.8 Å². The SMILES string of the molecule is CC(O)(CNC(=O)c1cnc(CCc2ccncc2)c(-c2ccc(F)cc2)c1)C1CC1. The van der Waals surface area contributed by atoms with Crippen molar-refractivity contribution < 1.29 is 14.3 Å². The summed E-state index contributed by atoms with van der Waals surface area (Å²) in [6.45, 7) is 1.96. The number of aromatic nitrogens is 2. The van der Waals surface area contributed by atoms with Crippen LogP contribution in [0.15, 0.2) is 61.1 Å². The zero-order valence-corrected chi connectivity index (χ0v) is 17.5. The third kappa shape index (κ3) is 5.33. The number of halogens is 1. The number of aryl methyl sites for hydroxylation is 2. The summed E-state index contributed by atoms with van der Waals surface area (Å²) < 4.78 is 13.5.